The highest BCUT2D eigenvalue weighted by molar-refractivity contribution is 5.89. The molecule has 1 saturated heterocycles. The van der Waals surface area contributed by atoms with E-state index >= 15 is 0 Å². The molecule has 2 heterocycles. The predicted molar refractivity (Wildman–Crippen MR) is 94.3 cm³/mol. The van der Waals surface area contributed by atoms with Crippen molar-refractivity contribution >= 4 is 11.9 Å². The topological polar surface area (TPSA) is 72.6 Å². The number of rotatable bonds is 4. The Morgan fingerprint density at radius 1 is 1.28 bits per heavy atom. The van der Waals surface area contributed by atoms with Gasteiger partial charge in [0, 0.05) is 12.6 Å². The second-order valence-corrected chi connectivity index (χ2v) is 9.00. The zero-order chi connectivity index (χ0) is 18.8. The third kappa shape index (κ3) is 5.87. The SMILES string of the molecule is CC(C)(C)Cc1cc(CC(=O)[C@@H]2CCCN2C(=O)OC(C)(C)C)on1. The minimum Gasteiger partial charge on any atom is -0.444 e. The molecule has 0 N–H and O–H groups in total. The van der Waals surface area contributed by atoms with Crippen LogP contribution in [-0.2, 0) is 22.4 Å². The highest BCUT2D eigenvalue weighted by atomic mass is 16.6. The van der Waals surface area contributed by atoms with Crippen molar-refractivity contribution in [3.63, 3.8) is 0 Å². The van der Waals surface area contributed by atoms with Gasteiger partial charge in [-0.3, -0.25) is 9.69 Å². The summed E-state index contributed by atoms with van der Waals surface area (Å²) in [4.78, 5) is 26.5. The Hall–Kier alpha value is -1.85. The second kappa shape index (κ2) is 7.18. The van der Waals surface area contributed by atoms with Crippen molar-refractivity contribution in [1.29, 1.82) is 0 Å². The normalized spacial score (nSPS) is 18.5. The lowest BCUT2D eigenvalue weighted by molar-refractivity contribution is -0.123. The Morgan fingerprint density at radius 3 is 2.56 bits per heavy atom. The molecule has 1 aliphatic heterocycles. The number of carbonyl (C=O) groups is 2. The van der Waals surface area contributed by atoms with E-state index in [-0.39, 0.29) is 17.6 Å². The van der Waals surface area contributed by atoms with Gasteiger partial charge >= 0.3 is 6.09 Å². The Bertz CT molecular complexity index is 622. The molecule has 0 saturated carbocycles. The molecular formula is C19H30N2O4. The van der Waals surface area contributed by atoms with Crippen LogP contribution in [0.5, 0.6) is 0 Å². The highest BCUT2D eigenvalue weighted by Crippen LogP contribution is 2.24. The zero-order valence-corrected chi connectivity index (χ0v) is 16.2. The quantitative estimate of drug-likeness (QED) is 0.826. The molecule has 0 bridgehead atoms. The number of amides is 1. The fourth-order valence-corrected chi connectivity index (χ4v) is 3.00. The van der Waals surface area contributed by atoms with Crippen LogP contribution < -0.4 is 0 Å². The van der Waals surface area contributed by atoms with Crippen LogP contribution in [0.3, 0.4) is 0 Å². The van der Waals surface area contributed by atoms with Gasteiger partial charge in [0.05, 0.1) is 18.2 Å². The molecule has 2 rings (SSSR count). The standard InChI is InChI=1S/C19H30N2O4/c1-18(2,3)12-13-10-14(25-20-13)11-16(22)15-8-7-9-21(15)17(23)24-19(4,5)6/h10,15H,7-9,11-12H2,1-6H3/t15-/m0/s1. The number of ether oxygens (including phenoxy) is 1. The molecule has 6 nitrogen and oxygen atoms in total. The smallest absolute Gasteiger partial charge is 0.410 e. The van der Waals surface area contributed by atoms with Crippen molar-refractivity contribution < 1.29 is 18.8 Å². The highest BCUT2D eigenvalue weighted by Gasteiger charge is 2.36. The van der Waals surface area contributed by atoms with E-state index in [1.807, 2.05) is 26.8 Å². The van der Waals surface area contributed by atoms with Gasteiger partial charge in [-0.2, -0.15) is 0 Å². The molecule has 25 heavy (non-hydrogen) atoms. The molecule has 1 atom stereocenters. The summed E-state index contributed by atoms with van der Waals surface area (Å²) in [5, 5.41) is 4.05. The molecule has 1 aliphatic rings. The third-order valence-corrected chi connectivity index (χ3v) is 3.92. The minimum absolute atomic E-state index is 0.0261. The van der Waals surface area contributed by atoms with Crippen molar-refractivity contribution in [2.75, 3.05) is 6.54 Å². The van der Waals surface area contributed by atoms with E-state index in [4.69, 9.17) is 9.26 Å². The van der Waals surface area contributed by atoms with Gasteiger partial charge in [-0.15, -0.1) is 0 Å². The molecule has 1 aromatic rings. The fraction of sp³-hybridized carbons (Fsp3) is 0.737. The second-order valence-electron chi connectivity index (χ2n) is 9.00. The number of hydrogen-bond acceptors (Lipinski definition) is 5. The first-order chi connectivity index (χ1) is 11.4. The predicted octanol–water partition coefficient (Wildman–Crippen LogP) is 3.77. The van der Waals surface area contributed by atoms with Crippen LogP contribution in [0, 0.1) is 5.41 Å². The lowest BCUT2D eigenvalue weighted by Gasteiger charge is -2.27. The van der Waals surface area contributed by atoms with E-state index in [1.54, 1.807) is 4.90 Å². The van der Waals surface area contributed by atoms with E-state index in [2.05, 4.69) is 25.9 Å². The van der Waals surface area contributed by atoms with Gasteiger partial charge < -0.3 is 9.26 Å². The molecule has 6 heteroatoms. The van der Waals surface area contributed by atoms with Gasteiger partial charge in [0.15, 0.2) is 5.78 Å². The van der Waals surface area contributed by atoms with Gasteiger partial charge in [0.1, 0.15) is 11.4 Å². The van der Waals surface area contributed by atoms with Crippen molar-refractivity contribution in [1.82, 2.24) is 10.1 Å². The summed E-state index contributed by atoms with van der Waals surface area (Å²) in [6.45, 7) is 12.4. The van der Waals surface area contributed by atoms with Crippen LogP contribution in [0.1, 0.15) is 65.8 Å². The molecule has 1 aromatic heterocycles. The molecule has 0 spiro atoms. The molecule has 0 radical (unpaired) electrons. The first-order valence-electron chi connectivity index (χ1n) is 8.91. The molecule has 1 fully saturated rings. The Balaban J connectivity index is 1.99. The molecule has 140 valence electrons. The van der Waals surface area contributed by atoms with Gasteiger partial charge in [0.25, 0.3) is 0 Å². The summed E-state index contributed by atoms with van der Waals surface area (Å²) in [5.74, 6) is 0.530. The summed E-state index contributed by atoms with van der Waals surface area (Å²) in [6.07, 6.45) is 2.00. The van der Waals surface area contributed by atoms with E-state index in [0.29, 0.717) is 18.7 Å². The van der Waals surface area contributed by atoms with Crippen LogP contribution in [0.2, 0.25) is 0 Å². The lowest BCUT2D eigenvalue weighted by Crippen LogP contribution is -2.43. The number of Topliss-reactive ketones (excluding diaryl/α,β-unsaturated/α-hetero) is 1. The molecule has 0 aliphatic carbocycles. The van der Waals surface area contributed by atoms with E-state index in [0.717, 1.165) is 18.5 Å². The number of aromatic nitrogens is 1. The third-order valence-electron chi connectivity index (χ3n) is 3.92. The molecule has 1 amide bonds. The summed E-state index contributed by atoms with van der Waals surface area (Å²) < 4.78 is 10.7. The summed E-state index contributed by atoms with van der Waals surface area (Å²) in [7, 11) is 0. The number of carbonyl (C=O) groups excluding carboxylic acids is 2. The molecular weight excluding hydrogens is 320 g/mol. The number of nitrogens with zero attached hydrogens (tertiary/aromatic N) is 2. The first kappa shape index (κ1) is 19.5. The van der Waals surface area contributed by atoms with Crippen LogP contribution >= 0.6 is 0 Å². The fourth-order valence-electron chi connectivity index (χ4n) is 3.00. The summed E-state index contributed by atoms with van der Waals surface area (Å²) in [5.41, 5.74) is 0.391. The van der Waals surface area contributed by atoms with Crippen LogP contribution in [0.25, 0.3) is 0 Å². The van der Waals surface area contributed by atoms with Gasteiger partial charge in [0.2, 0.25) is 0 Å². The van der Waals surface area contributed by atoms with Crippen LogP contribution in [0.4, 0.5) is 4.79 Å². The average molecular weight is 350 g/mol. The van der Waals surface area contributed by atoms with Crippen LogP contribution in [-0.4, -0.2) is 40.1 Å². The van der Waals surface area contributed by atoms with Gasteiger partial charge in [-0.05, 0) is 45.4 Å². The zero-order valence-electron chi connectivity index (χ0n) is 16.2. The average Bonchev–Trinajstić information content (AvgIpc) is 3.03. The van der Waals surface area contributed by atoms with E-state index in [9.17, 15) is 9.59 Å². The van der Waals surface area contributed by atoms with Crippen molar-refractivity contribution in [3.05, 3.63) is 17.5 Å². The maximum Gasteiger partial charge on any atom is 0.410 e. The van der Waals surface area contributed by atoms with Crippen LogP contribution in [0.15, 0.2) is 10.6 Å². The lowest BCUT2D eigenvalue weighted by atomic mass is 9.90. The number of ketones is 1. The summed E-state index contributed by atoms with van der Waals surface area (Å²) in [6, 6.07) is 1.40. The monoisotopic (exact) mass is 350 g/mol. The Morgan fingerprint density at radius 2 is 1.96 bits per heavy atom. The summed E-state index contributed by atoms with van der Waals surface area (Å²) >= 11 is 0. The van der Waals surface area contributed by atoms with Gasteiger partial charge in [-0.25, -0.2) is 4.79 Å². The van der Waals surface area contributed by atoms with E-state index in [1.165, 1.54) is 0 Å². The number of likely N-dealkylation sites (tertiary alicyclic amines) is 1. The van der Waals surface area contributed by atoms with E-state index < -0.39 is 17.7 Å². The van der Waals surface area contributed by atoms with Crippen molar-refractivity contribution in [2.24, 2.45) is 5.41 Å². The maximum atomic E-state index is 12.7. The first-order valence-corrected chi connectivity index (χ1v) is 8.91. The Kier molecular flexibility index (Phi) is 5.59. The van der Waals surface area contributed by atoms with Crippen molar-refractivity contribution in [3.8, 4) is 0 Å². The minimum atomic E-state index is -0.569. The maximum absolute atomic E-state index is 12.7. The Labute approximate surface area is 149 Å². The van der Waals surface area contributed by atoms with Gasteiger partial charge in [-0.1, -0.05) is 25.9 Å². The number of hydrogen-bond donors (Lipinski definition) is 0. The molecule has 0 aromatic carbocycles. The van der Waals surface area contributed by atoms with Crippen molar-refractivity contribution in [2.45, 2.75) is 78.9 Å². The molecule has 0 unspecified atom stereocenters. The largest absolute Gasteiger partial charge is 0.444 e.